The largest absolute Gasteiger partial charge is 0.433 e. The summed E-state index contributed by atoms with van der Waals surface area (Å²) in [6, 6.07) is 0.916. The van der Waals surface area contributed by atoms with Crippen LogP contribution in [0.4, 0.5) is 24.9 Å². The van der Waals surface area contributed by atoms with Crippen LogP contribution in [0.3, 0.4) is 0 Å². The van der Waals surface area contributed by atoms with Gasteiger partial charge in [-0.2, -0.15) is 18.2 Å². The van der Waals surface area contributed by atoms with E-state index in [1.165, 1.54) is 0 Å². The zero-order valence-electron chi connectivity index (χ0n) is 12.0. The summed E-state index contributed by atoms with van der Waals surface area (Å²) < 4.78 is 38.6. The number of hydrogen-bond acceptors (Lipinski definition) is 5. The molecule has 2 rings (SSSR count). The van der Waals surface area contributed by atoms with Gasteiger partial charge in [0.2, 0.25) is 5.95 Å². The Labute approximate surface area is 121 Å². The summed E-state index contributed by atoms with van der Waals surface area (Å²) in [5.41, 5.74) is -0.971. The van der Waals surface area contributed by atoms with Crippen LogP contribution in [0.25, 0.3) is 0 Å². The number of aliphatic hydroxyl groups excluding tert-OH is 1. The minimum atomic E-state index is -4.52. The molecule has 0 saturated carbocycles. The molecule has 21 heavy (non-hydrogen) atoms. The Morgan fingerprint density at radius 3 is 2.57 bits per heavy atom. The Bertz CT molecular complexity index is 487. The number of nitrogens with one attached hydrogen (secondary N) is 1. The van der Waals surface area contributed by atoms with Crippen LogP contribution in [0.5, 0.6) is 0 Å². The Morgan fingerprint density at radius 1 is 1.38 bits per heavy atom. The molecule has 0 unspecified atom stereocenters. The van der Waals surface area contributed by atoms with Crippen LogP contribution < -0.4 is 10.2 Å². The summed E-state index contributed by atoms with van der Waals surface area (Å²) in [5, 5.41) is 12.1. The Balaban J connectivity index is 2.16. The first kappa shape index (κ1) is 15.8. The van der Waals surface area contributed by atoms with Gasteiger partial charge in [0.1, 0.15) is 5.82 Å². The Hall–Kier alpha value is -1.57. The van der Waals surface area contributed by atoms with Crippen molar-refractivity contribution in [2.75, 3.05) is 29.9 Å². The van der Waals surface area contributed by atoms with E-state index < -0.39 is 18.0 Å². The number of hydrogen-bond donors (Lipinski definition) is 2. The number of alkyl halides is 3. The molecule has 5 nitrogen and oxygen atoms in total. The third-order valence-electron chi connectivity index (χ3n) is 3.19. The van der Waals surface area contributed by atoms with Crippen molar-refractivity contribution in [3.63, 3.8) is 0 Å². The van der Waals surface area contributed by atoms with E-state index in [1.54, 1.807) is 4.90 Å². The quantitative estimate of drug-likeness (QED) is 0.872. The van der Waals surface area contributed by atoms with Crippen molar-refractivity contribution in [2.45, 2.75) is 32.5 Å². The Kier molecular flexibility index (Phi) is 4.55. The molecule has 0 spiro atoms. The molecule has 0 aromatic carbocycles. The summed E-state index contributed by atoms with van der Waals surface area (Å²) in [4.78, 5) is 9.21. The molecule has 0 atom stereocenters. The van der Waals surface area contributed by atoms with Crippen molar-refractivity contribution in [2.24, 2.45) is 5.92 Å². The highest BCUT2D eigenvalue weighted by atomic mass is 19.4. The molecule has 2 heterocycles. The van der Waals surface area contributed by atoms with Crippen LogP contribution in [-0.2, 0) is 6.18 Å². The van der Waals surface area contributed by atoms with E-state index in [9.17, 15) is 18.3 Å². The highest BCUT2D eigenvalue weighted by molar-refractivity contribution is 5.48. The van der Waals surface area contributed by atoms with Crippen LogP contribution in [0, 0.1) is 5.92 Å². The molecule has 0 bridgehead atoms. The lowest BCUT2D eigenvalue weighted by Gasteiger charge is -2.37. The van der Waals surface area contributed by atoms with Crippen molar-refractivity contribution in [3.8, 4) is 0 Å². The number of anilines is 2. The van der Waals surface area contributed by atoms with Gasteiger partial charge in [-0.3, -0.25) is 0 Å². The predicted molar refractivity (Wildman–Crippen MR) is 73.2 cm³/mol. The molecule has 0 radical (unpaired) electrons. The Morgan fingerprint density at radius 2 is 2.05 bits per heavy atom. The maximum Gasteiger partial charge on any atom is 0.433 e. The molecule has 1 saturated heterocycles. The fourth-order valence-corrected chi connectivity index (χ4v) is 1.94. The van der Waals surface area contributed by atoms with Crippen LogP contribution in [0.2, 0.25) is 0 Å². The zero-order valence-corrected chi connectivity index (χ0v) is 12.0. The molecule has 8 heteroatoms. The van der Waals surface area contributed by atoms with Crippen LogP contribution in [0.1, 0.15) is 26.0 Å². The first-order valence-electron chi connectivity index (χ1n) is 6.89. The van der Waals surface area contributed by atoms with Gasteiger partial charge in [0.15, 0.2) is 5.69 Å². The molecule has 1 aliphatic rings. The van der Waals surface area contributed by atoms with Gasteiger partial charge in [-0.1, -0.05) is 13.8 Å². The van der Waals surface area contributed by atoms with Crippen molar-refractivity contribution in [1.82, 2.24) is 9.97 Å². The first-order valence-corrected chi connectivity index (χ1v) is 6.89. The third kappa shape index (κ3) is 4.20. The van der Waals surface area contributed by atoms with Crippen LogP contribution >= 0.6 is 0 Å². The van der Waals surface area contributed by atoms with Gasteiger partial charge in [0.25, 0.3) is 0 Å². The molecule has 0 amide bonds. The van der Waals surface area contributed by atoms with Gasteiger partial charge in [-0.05, 0) is 12.3 Å². The van der Waals surface area contributed by atoms with E-state index in [2.05, 4.69) is 15.3 Å². The molecule has 118 valence electrons. The molecular formula is C13H19F3N4O. The molecule has 2 N–H and O–H groups in total. The number of halogens is 3. The van der Waals surface area contributed by atoms with Gasteiger partial charge in [-0.25, -0.2) is 4.98 Å². The van der Waals surface area contributed by atoms with E-state index in [4.69, 9.17) is 0 Å². The predicted octanol–water partition coefficient (Wildman–Crippen LogP) is 2.13. The number of rotatable bonds is 5. The highest BCUT2D eigenvalue weighted by Crippen LogP contribution is 2.31. The molecule has 1 aromatic rings. The average Bonchev–Trinajstić information content (AvgIpc) is 2.33. The molecule has 1 aliphatic heterocycles. The van der Waals surface area contributed by atoms with Crippen molar-refractivity contribution >= 4 is 11.8 Å². The van der Waals surface area contributed by atoms with E-state index >= 15 is 0 Å². The van der Waals surface area contributed by atoms with Gasteiger partial charge in [0.05, 0.1) is 6.10 Å². The van der Waals surface area contributed by atoms with Crippen LogP contribution in [0.15, 0.2) is 6.07 Å². The molecule has 1 aromatic heterocycles. The monoisotopic (exact) mass is 304 g/mol. The lowest BCUT2D eigenvalue weighted by Crippen LogP contribution is -2.51. The van der Waals surface area contributed by atoms with Crippen LogP contribution in [-0.4, -0.2) is 40.8 Å². The average molecular weight is 304 g/mol. The summed E-state index contributed by atoms with van der Waals surface area (Å²) in [6.07, 6.45) is -4.21. The topological polar surface area (TPSA) is 61.3 Å². The number of nitrogens with zero attached hydrogens (tertiary/aromatic N) is 3. The lowest BCUT2D eigenvalue weighted by atomic mass is 10.1. The highest BCUT2D eigenvalue weighted by Gasteiger charge is 2.35. The smallest absolute Gasteiger partial charge is 0.389 e. The summed E-state index contributed by atoms with van der Waals surface area (Å²) in [6.45, 7) is 5.16. The maximum atomic E-state index is 12.9. The minimum Gasteiger partial charge on any atom is -0.389 e. The van der Waals surface area contributed by atoms with Gasteiger partial charge in [0, 0.05) is 25.7 Å². The summed E-state index contributed by atoms with van der Waals surface area (Å²) in [5.74, 6) is 0.602. The van der Waals surface area contributed by atoms with E-state index in [0.29, 0.717) is 25.6 Å². The summed E-state index contributed by atoms with van der Waals surface area (Å²) in [7, 11) is 0. The molecule has 1 fully saturated rings. The number of aromatic nitrogens is 2. The van der Waals surface area contributed by atoms with Crippen molar-refractivity contribution in [1.29, 1.82) is 0 Å². The fourth-order valence-electron chi connectivity index (χ4n) is 1.94. The molecule has 0 aliphatic carbocycles. The van der Waals surface area contributed by atoms with Crippen molar-refractivity contribution in [3.05, 3.63) is 11.8 Å². The van der Waals surface area contributed by atoms with Crippen molar-refractivity contribution < 1.29 is 18.3 Å². The number of β-amino-alcohol motifs (C(OH)–C–C–N with tert-alkyl or cyclic N) is 1. The second-order valence-corrected chi connectivity index (χ2v) is 5.60. The molecular weight excluding hydrogens is 285 g/mol. The normalized spacial score (nSPS) is 16.2. The van der Waals surface area contributed by atoms with Gasteiger partial charge >= 0.3 is 6.18 Å². The maximum absolute atomic E-state index is 12.9. The van der Waals surface area contributed by atoms with Gasteiger partial charge in [-0.15, -0.1) is 0 Å². The third-order valence-corrected chi connectivity index (χ3v) is 3.19. The summed E-state index contributed by atoms with van der Waals surface area (Å²) >= 11 is 0. The zero-order chi connectivity index (χ0) is 15.6. The lowest BCUT2D eigenvalue weighted by molar-refractivity contribution is -0.141. The van der Waals surface area contributed by atoms with E-state index in [1.807, 2.05) is 13.8 Å². The number of aliphatic hydroxyl groups is 1. The second-order valence-electron chi connectivity index (χ2n) is 5.60. The minimum absolute atomic E-state index is 0.0261. The fraction of sp³-hybridized carbons (Fsp3) is 0.692. The second kappa shape index (κ2) is 6.05. The van der Waals surface area contributed by atoms with Gasteiger partial charge < -0.3 is 15.3 Å². The first-order chi connectivity index (χ1) is 9.75. The standard InChI is InChI=1S/C13H19F3N4O/c1-8(2)3-4-17-12-18-10(13(14,15)16)5-11(19-12)20-6-9(21)7-20/h5,8-9,21H,3-4,6-7H2,1-2H3,(H,17,18,19). The van der Waals surface area contributed by atoms with E-state index in [-0.39, 0.29) is 11.8 Å². The van der Waals surface area contributed by atoms with E-state index in [0.717, 1.165) is 12.5 Å². The SMILES string of the molecule is CC(C)CCNc1nc(N2CC(O)C2)cc(C(F)(F)F)n1.